The van der Waals surface area contributed by atoms with Crippen molar-refractivity contribution < 1.29 is 14.3 Å². The van der Waals surface area contributed by atoms with Crippen LogP contribution in [0.15, 0.2) is 11.6 Å². The standard InChI is InChI=1S/C18H26O3.C2H6/c1-12-13-7-11-18(16(20)21-3)9-5-4-6-15(18)17(13,2)10-8-14(12)19;1-2/h6,12-13H,4-5,7-11H2,1-3H3;1-2H3. The minimum Gasteiger partial charge on any atom is -0.468 e. The highest BCUT2D eigenvalue weighted by atomic mass is 16.5. The van der Waals surface area contributed by atoms with Crippen molar-refractivity contribution in [3.8, 4) is 0 Å². The molecule has 4 atom stereocenters. The first-order valence-corrected chi connectivity index (χ1v) is 9.28. The van der Waals surface area contributed by atoms with Crippen LogP contribution in [0.1, 0.15) is 72.6 Å². The molecule has 0 radical (unpaired) electrons. The molecule has 2 saturated carbocycles. The van der Waals surface area contributed by atoms with E-state index in [-0.39, 0.29) is 17.3 Å². The Hall–Kier alpha value is -1.12. The minimum atomic E-state index is -0.404. The maximum Gasteiger partial charge on any atom is 0.315 e. The van der Waals surface area contributed by atoms with Crippen LogP contribution < -0.4 is 0 Å². The number of ketones is 1. The minimum absolute atomic E-state index is 0.000185. The summed E-state index contributed by atoms with van der Waals surface area (Å²) < 4.78 is 5.18. The molecule has 0 amide bonds. The lowest BCUT2D eigenvalue weighted by atomic mass is 9.46. The van der Waals surface area contributed by atoms with E-state index < -0.39 is 5.41 Å². The Balaban J connectivity index is 0.000000924. The van der Waals surface area contributed by atoms with Gasteiger partial charge in [-0.05, 0) is 49.9 Å². The molecule has 0 bridgehead atoms. The van der Waals surface area contributed by atoms with Gasteiger partial charge < -0.3 is 4.74 Å². The Morgan fingerprint density at radius 3 is 2.61 bits per heavy atom. The predicted molar refractivity (Wildman–Crippen MR) is 92.0 cm³/mol. The van der Waals surface area contributed by atoms with E-state index in [1.54, 1.807) is 0 Å². The fourth-order valence-electron chi connectivity index (χ4n) is 5.41. The molecule has 0 spiro atoms. The number of carbonyl (C=O) groups is 2. The van der Waals surface area contributed by atoms with Crippen molar-refractivity contribution in [2.75, 3.05) is 7.11 Å². The molecule has 0 aliphatic heterocycles. The molecule has 0 N–H and O–H groups in total. The predicted octanol–water partition coefficient (Wildman–Crippen LogP) is 4.70. The van der Waals surface area contributed by atoms with Gasteiger partial charge in [-0.25, -0.2) is 0 Å². The number of methoxy groups -OCH3 is 1. The van der Waals surface area contributed by atoms with E-state index in [1.807, 2.05) is 13.8 Å². The fraction of sp³-hybridized carbons (Fsp3) is 0.800. The van der Waals surface area contributed by atoms with Crippen molar-refractivity contribution >= 4 is 11.8 Å². The third kappa shape index (κ3) is 2.66. The maximum absolute atomic E-state index is 12.6. The monoisotopic (exact) mass is 320 g/mol. The van der Waals surface area contributed by atoms with Crippen LogP contribution in [0.5, 0.6) is 0 Å². The Morgan fingerprint density at radius 2 is 1.96 bits per heavy atom. The lowest BCUT2D eigenvalue weighted by Crippen LogP contribution is -2.53. The van der Waals surface area contributed by atoms with E-state index in [2.05, 4.69) is 19.9 Å². The number of ether oxygens (including phenoxy) is 1. The number of carbonyl (C=O) groups excluding carboxylic acids is 2. The topological polar surface area (TPSA) is 43.4 Å². The lowest BCUT2D eigenvalue weighted by molar-refractivity contribution is -0.156. The first-order chi connectivity index (χ1) is 11.0. The van der Waals surface area contributed by atoms with Crippen LogP contribution >= 0.6 is 0 Å². The molecule has 23 heavy (non-hydrogen) atoms. The van der Waals surface area contributed by atoms with E-state index in [1.165, 1.54) is 12.7 Å². The van der Waals surface area contributed by atoms with E-state index >= 15 is 0 Å². The zero-order valence-electron chi connectivity index (χ0n) is 15.4. The summed E-state index contributed by atoms with van der Waals surface area (Å²) in [5.74, 6) is 0.861. The summed E-state index contributed by atoms with van der Waals surface area (Å²) in [6.07, 6.45) is 8.70. The Labute approximate surface area is 140 Å². The normalized spacial score (nSPS) is 39.2. The zero-order chi connectivity index (χ0) is 17.3. The summed E-state index contributed by atoms with van der Waals surface area (Å²) in [5, 5.41) is 0. The SMILES string of the molecule is CC.COC(=O)C12CCCC=C1C1(C)CCC(=O)C(C)C1CC2. The second-order valence-corrected chi connectivity index (χ2v) is 7.40. The van der Waals surface area contributed by atoms with Gasteiger partial charge in [0.05, 0.1) is 12.5 Å². The highest BCUT2D eigenvalue weighted by molar-refractivity contribution is 5.84. The molecule has 3 heteroatoms. The summed E-state index contributed by atoms with van der Waals surface area (Å²) in [6, 6.07) is 0. The molecule has 3 rings (SSSR count). The second kappa shape index (κ2) is 6.78. The smallest absolute Gasteiger partial charge is 0.315 e. The molecule has 3 aliphatic rings. The third-order valence-corrected chi connectivity index (χ3v) is 6.57. The highest BCUT2D eigenvalue weighted by Crippen LogP contribution is 2.63. The van der Waals surface area contributed by atoms with Crippen molar-refractivity contribution in [1.29, 1.82) is 0 Å². The Kier molecular flexibility index (Phi) is 5.37. The van der Waals surface area contributed by atoms with Crippen LogP contribution in [0.3, 0.4) is 0 Å². The summed E-state index contributed by atoms with van der Waals surface area (Å²) >= 11 is 0. The van der Waals surface area contributed by atoms with Crippen molar-refractivity contribution in [2.24, 2.45) is 22.7 Å². The largest absolute Gasteiger partial charge is 0.468 e. The van der Waals surface area contributed by atoms with Crippen LogP contribution in [0.4, 0.5) is 0 Å². The van der Waals surface area contributed by atoms with Gasteiger partial charge in [-0.1, -0.05) is 39.3 Å². The van der Waals surface area contributed by atoms with Gasteiger partial charge in [0.1, 0.15) is 5.78 Å². The zero-order valence-corrected chi connectivity index (χ0v) is 15.4. The summed E-state index contributed by atoms with van der Waals surface area (Å²) in [6.45, 7) is 8.37. The second-order valence-electron chi connectivity index (χ2n) is 7.40. The number of rotatable bonds is 1. The van der Waals surface area contributed by atoms with Crippen LogP contribution in [-0.4, -0.2) is 18.9 Å². The van der Waals surface area contributed by atoms with Crippen molar-refractivity contribution in [3.05, 3.63) is 11.6 Å². The molecule has 0 aromatic rings. The first kappa shape index (κ1) is 18.2. The molecule has 3 aliphatic carbocycles. The van der Waals surface area contributed by atoms with E-state index in [4.69, 9.17) is 4.74 Å². The van der Waals surface area contributed by atoms with Gasteiger partial charge in [-0.2, -0.15) is 0 Å². The average Bonchev–Trinajstić information content (AvgIpc) is 2.59. The third-order valence-electron chi connectivity index (χ3n) is 6.57. The molecule has 0 heterocycles. The molecular weight excluding hydrogens is 288 g/mol. The van der Waals surface area contributed by atoms with Gasteiger partial charge in [-0.3, -0.25) is 9.59 Å². The lowest BCUT2D eigenvalue weighted by Gasteiger charge is -2.56. The molecule has 0 saturated heterocycles. The molecule has 3 nitrogen and oxygen atoms in total. The quantitative estimate of drug-likeness (QED) is 0.519. The van der Waals surface area contributed by atoms with Crippen LogP contribution in [0.2, 0.25) is 0 Å². The number of fused-ring (bicyclic) bond motifs is 3. The number of allylic oxidation sites excluding steroid dienone is 1. The Bertz CT molecular complexity index is 507. The molecular formula is C20H32O3. The van der Waals surface area contributed by atoms with Gasteiger partial charge >= 0.3 is 5.97 Å². The van der Waals surface area contributed by atoms with Gasteiger partial charge in [0, 0.05) is 12.3 Å². The van der Waals surface area contributed by atoms with Gasteiger partial charge in [0.25, 0.3) is 0 Å². The number of esters is 1. The van der Waals surface area contributed by atoms with E-state index in [0.717, 1.165) is 38.5 Å². The fourth-order valence-corrected chi connectivity index (χ4v) is 5.41. The molecule has 2 fully saturated rings. The van der Waals surface area contributed by atoms with Crippen molar-refractivity contribution in [1.82, 2.24) is 0 Å². The number of hydrogen-bond donors (Lipinski definition) is 0. The van der Waals surface area contributed by atoms with E-state index in [9.17, 15) is 9.59 Å². The van der Waals surface area contributed by atoms with Gasteiger partial charge in [-0.15, -0.1) is 0 Å². The molecule has 130 valence electrons. The van der Waals surface area contributed by atoms with Crippen molar-refractivity contribution in [2.45, 2.75) is 72.6 Å². The average molecular weight is 320 g/mol. The first-order valence-electron chi connectivity index (χ1n) is 9.28. The van der Waals surface area contributed by atoms with E-state index in [0.29, 0.717) is 18.1 Å². The van der Waals surface area contributed by atoms with Crippen molar-refractivity contribution in [3.63, 3.8) is 0 Å². The van der Waals surface area contributed by atoms with Gasteiger partial charge in [0.15, 0.2) is 0 Å². The number of hydrogen-bond acceptors (Lipinski definition) is 3. The van der Waals surface area contributed by atoms with Crippen LogP contribution in [0, 0.1) is 22.7 Å². The summed E-state index contributed by atoms with van der Waals surface area (Å²) in [7, 11) is 1.50. The molecule has 0 aromatic heterocycles. The van der Waals surface area contributed by atoms with Crippen LogP contribution in [-0.2, 0) is 14.3 Å². The summed E-state index contributed by atoms with van der Waals surface area (Å²) in [4.78, 5) is 24.7. The van der Waals surface area contributed by atoms with Crippen LogP contribution in [0.25, 0.3) is 0 Å². The highest BCUT2D eigenvalue weighted by Gasteiger charge is 2.58. The molecule has 0 aromatic carbocycles. The molecule has 4 unspecified atom stereocenters. The number of Topliss-reactive ketones (excluding diaryl/α,β-unsaturated/α-hetero) is 1. The Morgan fingerprint density at radius 1 is 1.26 bits per heavy atom. The van der Waals surface area contributed by atoms with Gasteiger partial charge in [0.2, 0.25) is 0 Å². The maximum atomic E-state index is 12.6. The summed E-state index contributed by atoms with van der Waals surface area (Å²) in [5.41, 5.74) is 0.891.